The number of rotatable bonds is 4. The highest BCUT2D eigenvalue weighted by Crippen LogP contribution is 2.18. The van der Waals surface area contributed by atoms with Crippen LogP contribution >= 0.6 is 0 Å². The topological polar surface area (TPSA) is 93.6 Å². The zero-order valence-electron chi connectivity index (χ0n) is 13.1. The van der Waals surface area contributed by atoms with Crippen LogP contribution in [0.25, 0.3) is 0 Å². The number of morpholine rings is 1. The van der Waals surface area contributed by atoms with Crippen molar-refractivity contribution < 1.29 is 24.5 Å². The zero-order chi connectivity index (χ0) is 16.3. The largest absolute Gasteiger partial charge is 0.480 e. The minimum atomic E-state index is -0.942. The van der Waals surface area contributed by atoms with E-state index in [1.165, 1.54) is 4.90 Å². The first-order chi connectivity index (χ1) is 10.4. The Morgan fingerprint density at radius 3 is 2.45 bits per heavy atom. The summed E-state index contributed by atoms with van der Waals surface area (Å²) in [4.78, 5) is 28.0. The summed E-state index contributed by atoms with van der Waals surface area (Å²) in [5.74, 6) is -0.879. The van der Waals surface area contributed by atoms with Gasteiger partial charge in [-0.3, -0.25) is 14.6 Å². The summed E-state index contributed by atoms with van der Waals surface area (Å²) in [6.07, 6.45) is -0.942. The van der Waals surface area contributed by atoms with Gasteiger partial charge in [0.15, 0.2) is 0 Å². The average molecular weight is 315 g/mol. The first-order valence-electron chi connectivity index (χ1n) is 7.65. The van der Waals surface area contributed by atoms with Gasteiger partial charge in [0.2, 0.25) is 0 Å². The number of carbonyl (C=O) groups is 2. The van der Waals surface area contributed by atoms with Gasteiger partial charge in [-0.25, -0.2) is 4.79 Å². The number of hydrogen-bond donors (Lipinski definition) is 2. The molecule has 2 aliphatic heterocycles. The second-order valence-electron chi connectivity index (χ2n) is 6.18. The summed E-state index contributed by atoms with van der Waals surface area (Å²) in [7, 11) is 0. The van der Waals surface area contributed by atoms with E-state index in [4.69, 9.17) is 9.84 Å². The molecular formula is C14H25N3O5. The molecule has 2 saturated heterocycles. The molecule has 0 saturated carbocycles. The van der Waals surface area contributed by atoms with E-state index in [0.717, 1.165) is 6.54 Å². The number of nitrogens with zero attached hydrogens (tertiary/aromatic N) is 3. The third kappa shape index (κ3) is 4.08. The highest BCUT2D eigenvalue weighted by Gasteiger charge is 2.36. The number of ether oxygens (including phenoxy) is 1. The van der Waals surface area contributed by atoms with E-state index in [1.807, 2.05) is 11.8 Å². The third-order valence-corrected chi connectivity index (χ3v) is 4.49. The van der Waals surface area contributed by atoms with Crippen molar-refractivity contribution in [1.82, 2.24) is 14.7 Å². The summed E-state index contributed by atoms with van der Waals surface area (Å²) in [5.41, 5.74) is 0. The minimum absolute atomic E-state index is 0.0544. The van der Waals surface area contributed by atoms with Gasteiger partial charge in [-0.15, -0.1) is 0 Å². The summed E-state index contributed by atoms with van der Waals surface area (Å²) in [5, 5.41) is 18.4. The fraction of sp³-hybridized carbons (Fsp3) is 0.857. The average Bonchev–Trinajstić information content (AvgIpc) is 2.42. The Labute approximate surface area is 130 Å². The lowest BCUT2D eigenvalue weighted by atomic mass is 10.1. The van der Waals surface area contributed by atoms with Crippen LogP contribution in [0.1, 0.15) is 13.8 Å². The summed E-state index contributed by atoms with van der Waals surface area (Å²) >= 11 is 0. The van der Waals surface area contributed by atoms with Crippen LogP contribution in [0.5, 0.6) is 0 Å². The van der Waals surface area contributed by atoms with Crippen molar-refractivity contribution in [3.8, 4) is 0 Å². The van der Waals surface area contributed by atoms with Crippen molar-refractivity contribution in [2.24, 2.45) is 0 Å². The molecule has 0 bridgehead atoms. The number of carboxylic acid groups (broad SMARTS) is 2. The molecule has 0 aromatic carbocycles. The molecule has 0 aromatic rings. The van der Waals surface area contributed by atoms with Gasteiger partial charge in [-0.05, 0) is 13.8 Å². The number of piperazine rings is 1. The number of hydrogen-bond acceptors (Lipinski definition) is 5. The Balaban J connectivity index is 2.07. The highest BCUT2D eigenvalue weighted by atomic mass is 16.5. The van der Waals surface area contributed by atoms with E-state index >= 15 is 0 Å². The van der Waals surface area contributed by atoms with Crippen LogP contribution in [0.4, 0.5) is 4.79 Å². The van der Waals surface area contributed by atoms with Crippen molar-refractivity contribution >= 4 is 12.1 Å². The lowest BCUT2D eigenvalue weighted by Crippen LogP contribution is -2.63. The van der Waals surface area contributed by atoms with Gasteiger partial charge in [-0.2, -0.15) is 0 Å². The fourth-order valence-electron chi connectivity index (χ4n) is 3.22. The maximum atomic E-state index is 11.4. The molecule has 2 rings (SSSR count). The molecule has 0 spiro atoms. The number of amides is 1. The molecule has 2 heterocycles. The van der Waals surface area contributed by atoms with Gasteiger partial charge in [-0.1, -0.05) is 0 Å². The first kappa shape index (κ1) is 17.0. The quantitative estimate of drug-likeness (QED) is 0.745. The first-order valence-corrected chi connectivity index (χ1v) is 7.65. The molecule has 8 nitrogen and oxygen atoms in total. The Kier molecular flexibility index (Phi) is 5.60. The molecule has 0 radical (unpaired) electrons. The van der Waals surface area contributed by atoms with E-state index in [0.29, 0.717) is 32.8 Å². The van der Waals surface area contributed by atoms with Crippen LogP contribution in [0.2, 0.25) is 0 Å². The van der Waals surface area contributed by atoms with Gasteiger partial charge >= 0.3 is 12.1 Å². The Morgan fingerprint density at radius 2 is 1.86 bits per heavy atom. The van der Waals surface area contributed by atoms with Gasteiger partial charge < -0.3 is 19.8 Å². The van der Waals surface area contributed by atoms with E-state index < -0.39 is 12.1 Å². The second kappa shape index (κ2) is 7.26. The van der Waals surface area contributed by atoms with Gasteiger partial charge in [0.1, 0.15) is 0 Å². The molecule has 0 aromatic heterocycles. The van der Waals surface area contributed by atoms with E-state index in [1.54, 1.807) is 0 Å². The maximum Gasteiger partial charge on any atom is 0.407 e. The molecule has 3 atom stereocenters. The highest BCUT2D eigenvalue weighted by molar-refractivity contribution is 5.69. The standard InChI is InChI=1S/C14H25N3O5/c1-10-5-16(8-13(18)19)12(7-17(10)14(20)21)6-15-3-4-22-9-11(15)2/h10-12H,3-9H2,1-2H3,(H,18,19)(H,20,21)/t10-,11-,12+/m1/s1. The molecule has 0 unspecified atom stereocenters. The van der Waals surface area contributed by atoms with Gasteiger partial charge in [0, 0.05) is 44.3 Å². The summed E-state index contributed by atoms with van der Waals surface area (Å²) in [6, 6.07) is -0.0442. The minimum Gasteiger partial charge on any atom is -0.480 e. The lowest BCUT2D eigenvalue weighted by Gasteiger charge is -2.46. The van der Waals surface area contributed by atoms with Crippen molar-refractivity contribution in [2.75, 3.05) is 45.9 Å². The smallest absolute Gasteiger partial charge is 0.407 e. The van der Waals surface area contributed by atoms with Crippen LogP contribution < -0.4 is 0 Å². The van der Waals surface area contributed by atoms with Crippen molar-refractivity contribution in [1.29, 1.82) is 0 Å². The molecule has 2 fully saturated rings. The van der Waals surface area contributed by atoms with E-state index in [-0.39, 0.29) is 24.7 Å². The van der Waals surface area contributed by atoms with Gasteiger partial charge in [0.25, 0.3) is 0 Å². The van der Waals surface area contributed by atoms with Crippen LogP contribution in [0.3, 0.4) is 0 Å². The molecule has 0 aliphatic carbocycles. The van der Waals surface area contributed by atoms with E-state index in [9.17, 15) is 14.7 Å². The van der Waals surface area contributed by atoms with Crippen LogP contribution in [0.15, 0.2) is 0 Å². The summed E-state index contributed by atoms with van der Waals surface area (Å²) in [6.45, 7) is 7.39. The maximum absolute atomic E-state index is 11.4. The van der Waals surface area contributed by atoms with Gasteiger partial charge in [0.05, 0.1) is 19.8 Å². The SMILES string of the molecule is C[C@@H]1COCCN1C[C@H]1CN(C(=O)O)[C@H](C)CN1CC(=O)O. The van der Waals surface area contributed by atoms with Crippen LogP contribution in [-0.2, 0) is 9.53 Å². The normalized spacial score (nSPS) is 31.2. The molecule has 126 valence electrons. The lowest BCUT2D eigenvalue weighted by molar-refractivity contribution is -0.140. The molecule has 8 heteroatoms. The summed E-state index contributed by atoms with van der Waals surface area (Å²) < 4.78 is 5.42. The number of carboxylic acids is 1. The Bertz CT molecular complexity index is 419. The fourth-order valence-corrected chi connectivity index (χ4v) is 3.22. The Morgan fingerprint density at radius 1 is 1.14 bits per heavy atom. The molecule has 2 aliphatic rings. The Hall–Kier alpha value is -1.38. The van der Waals surface area contributed by atoms with E-state index in [2.05, 4.69) is 11.8 Å². The zero-order valence-corrected chi connectivity index (χ0v) is 13.1. The second-order valence-corrected chi connectivity index (χ2v) is 6.18. The molecular weight excluding hydrogens is 290 g/mol. The van der Waals surface area contributed by atoms with Crippen molar-refractivity contribution in [3.05, 3.63) is 0 Å². The monoisotopic (exact) mass is 315 g/mol. The predicted molar refractivity (Wildman–Crippen MR) is 79.0 cm³/mol. The third-order valence-electron chi connectivity index (χ3n) is 4.49. The molecule has 22 heavy (non-hydrogen) atoms. The van der Waals surface area contributed by atoms with Crippen molar-refractivity contribution in [3.63, 3.8) is 0 Å². The predicted octanol–water partition coefficient (Wildman–Crippen LogP) is -0.156. The molecule has 2 N–H and O–H groups in total. The van der Waals surface area contributed by atoms with Crippen LogP contribution in [-0.4, -0.2) is 101 Å². The molecule has 1 amide bonds. The number of aliphatic carboxylic acids is 1. The van der Waals surface area contributed by atoms with Crippen LogP contribution in [0, 0.1) is 0 Å². The van der Waals surface area contributed by atoms with Crippen molar-refractivity contribution in [2.45, 2.75) is 32.0 Å².